The Morgan fingerprint density at radius 2 is 1.71 bits per heavy atom. The molecule has 2 amide bonds. The largest absolute Gasteiger partial charge is 0.356 e. The van der Waals surface area contributed by atoms with Crippen LogP contribution >= 0.6 is 0 Å². The van der Waals surface area contributed by atoms with Crippen LogP contribution in [0, 0.1) is 23.2 Å². The lowest BCUT2D eigenvalue weighted by atomic mass is 9.49. The van der Waals surface area contributed by atoms with Gasteiger partial charge in [0, 0.05) is 30.1 Å². The minimum Gasteiger partial charge on any atom is -0.356 e. The first-order valence-corrected chi connectivity index (χ1v) is 11.2. The van der Waals surface area contributed by atoms with Crippen molar-refractivity contribution in [3.8, 4) is 0 Å². The average Bonchev–Trinajstić information content (AvgIpc) is 2.99. The molecule has 1 aromatic carbocycles. The van der Waals surface area contributed by atoms with Crippen molar-refractivity contribution in [2.24, 2.45) is 23.2 Å². The third kappa shape index (κ3) is 3.05. The van der Waals surface area contributed by atoms with Crippen LogP contribution in [0.25, 0.3) is 0 Å². The summed E-state index contributed by atoms with van der Waals surface area (Å²) in [6.45, 7) is 2.74. The second-order valence-corrected chi connectivity index (χ2v) is 10.0. The highest BCUT2D eigenvalue weighted by Gasteiger charge is 2.54. The summed E-state index contributed by atoms with van der Waals surface area (Å²) in [7, 11) is 0. The molecule has 0 aromatic heterocycles. The van der Waals surface area contributed by atoms with Gasteiger partial charge in [0.25, 0.3) is 0 Å². The first kappa shape index (κ1) is 18.2. The van der Waals surface area contributed by atoms with E-state index in [4.69, 9.17) is 0 Å². The smallest absolute Gasteiger partial charge is 0.227 e. The average molecular weight is 381 g/mol. The molecule has 4 bridgehead atoms. The first-order chi connectivity index (χ1) is 13.5. The highest BCUT2D eigenvalue weighted by atomic mass is 16.2. The molecule has 28 heavy (non-hydrogen) atoms. The summed E-state index contributed by atoms with van der Waals surface area (Å²) < 4.78 is 0. The van der Waals surface area contributed by atoms with Crippen LogP contribution in [0.15, 0.2) is 24.3 Å². The van der Waals surface area contributed by atoms with Gasteiger partial charge in [-0.2, -0.15) is 0 Å². The number of hydrogen-bond acceptors (Lipinski definition) is 2. The summed E-state index contributed by atoms with van der Waals surface area (Å²) in [6.07, 6.45) is 9.54. The third-order valence-corrected chi connectivity index (χ3v) is 7.85. The van der Waals surface area contributed by atoms with Crippen LogP contribution in [0.4, 0.5) is 5.69 Å². The topological polar surface area (TPSA) is 49.4 Å². The zero-order chi connectivity index (χ0) is 19.3. The molecule has 4 fully saturated rings. The molecule has 0 spiro atoms. The summed E-state index contributed by atoms with van der Waals surface area (Å²) in [5, 5.41) is 3.21. The van der Waals surface area contributed by atoms with Crippen LogP contribution < -0.4 is 10.2 Å². The van der Waals surface area contributed by atoms with Gasteiger partial charge in [-0.05, 0) is 87.7 Å². The van der Waals surface area contributed by atoms with Crippen molar-refractivity contribution in [2.75, 3.05) is 11.4 Å². The lowest BCUT2D eigenvalue weighted by molar-refractivity contribution is -0.146. The molecule has 4 nitrogen and oxygen atoms in total. The van der Waals surface area contributed by atoms with E-state index in [1.165, 1.54) is 24.8 Å². The fraction of sp³-hybridized carbons (Fsp3) is 0.667. The monoisotopic (exact) mass is 380 g/mol. The van der Waals surface area contributed by atoms with Crippen molar-refractivity contribution in [1.29, 1.82) is 0 Å². The number of nitrogens with zero attached hydrogens (tertiary/aromatic N) is 1. The van der Waals surface area contributed by atoms with E-state index in [0.717, 1.165) is 55.5 Å². The van der Waals surface area contributed by atoms with Crippen LogP contribution in [-0.2, 0) is 16.0 Å². The number of benzene rings is 1. The number of hydrogen-bond donors (Lipinski definition) is 1. The third-order valence-electron chi connectivity index (χ3n) is 7.85. The van der Waals surface area contributed by atoms with E-state index in [2.05, 4.69) is 18.3 Å². The number of nitrogens with one attached hydrogen (secondary N) is 1. The molecule has 4 heteroatoms. The van der Waals surface area contributed by atoms with Crippen LogP contribution in [0.1, 0.15) is 63.9 Å². The zero-order valence-corrected chi connectivity index (χ0v) is 17.0. The molecule has 6 rings (SSSR count). The SMILES string of the molecule is CC1Cc2ccccc2N1C(=O)CCCNC(=O)C12CC3CC(CC(C3)C1)C2. The number of amides is 2. The number of carbonyl (C=O) groups excluding carboxylic acids is 2. The highest BCUT2D eigenvalue weighted by Crippen LogP contribution is 2.60. The maximum Gasteiger partial charge on any atom is 0.227 e. The fourth-order valence-corrected chi connectivity index (χ4v) is 7.08. The number of carbonyl (C=O) groups is 2. The highest BCUT2D eigenvalue weighted by molar-refractivity contribution is 5.96. The van der Waals surface area contributed by atoms with Crippen molar-refractivity contribution in [3.05, 3.63) is 29.8 Å². The van der Waals surface area contributed by atoms with Gasteiger partial charge in [0.2, 0.25) is 11.8 Å². The molecule has 5 aliphatic rings. The minimum absolute atomic E-state index is 0.0822. The lowest BCUT2D eigenvalue weighted by Crippen LogP contribution is -2.53. The van der Waals surface area contributed by atoms with E-state index in [9.17, 15) is 9.59 Å². The molecule has 1 unspecified atom stereocenters. The molecule has 4 aliphatic carbocycles. The van der Waals surface area contributed by atoms with E-state index in [1.54, 1.807) is 0 Å². The van der Waals surface area contributed by atoms with Gasteiger partial charge >= 0.3 is 0 Å². The van der Waals surface area contributed by atoms with Gasteiger partial charge in [0.1, 0.15) is 0 Å². The van der Waals surface area contributed by atoms with Crippen molar-refractivity contribution >= 4 is 17.5 Å². The molecule has 150 valence electrons. The Labute approximate surface area is 168 Å². The summed E-state index contributed by atoms with van der Waals surface area (Å²) >= 11 is 0. The molecular weight excluding hydrogens is 348 g/mol. The first-order valence-electron chi connectivity index (χ1n) is 11.2. The maximum atomic E-state index is 13.0. The van der Waals surface area contributed by atoms with E-state index in [-0.39, 0.29) is 23.3 Å². The van der Waals surface area contributed by atoms with Gasteiger partial charge in [-0.25, -0.2) is 0 Å². The van der Waals surface area contributed by atoms with E-state index >= 15 is 0 Å². The molecule has 0 radical (unpaired) electrons. The normalized spacial score (nSPS) is 35.1. The van der Waals surface area contributed by atoms with E-state index < -0.39 is 0 Å². The van der Waals surface area contributed by atoms with Gasteiger partial charge in [0.05, 0.1) is 0 Å². The molecule has 1 aromatic rings. The Morgan fingerprint density at radius 1 is 1.07 bits per heavy atom. The van der Waals surface area contributed by atoms with Crippen LogP contribution in [-0.4, -0.2) is 24.4 Å². The molecule has 1 heterocycles. The van der Waals surface area contributed by atoms with Crippen molar-refractivity contribution in [2.45, 2.75) is 70.8 Å². The summed E-state index contributed by atoms with van der Waals surface area (Å²) in [6, 6.07) is 8.44. The molecular formula is C24H32N2O2. The lowest BCUT2D eigenvalue weighted by Gasteiger charge is -2.55. The standard InChI is InChI=1S/C24H32N2O2/c1-16-9-20-5-2-3-6-21(20)26(16)22(27)7-4-8-25-23(28)24-13-17-10-18(14-24)12-19(11-17)15-24/h2-3,5-6,16-19H,4,7-15H2,1H3,(H,25,28). The predicted molar refractivity (Wildman–Crippen MR) is 110 cm³/mol. The Hall–Kier alpha value is -1.84. The van der Waals surface area contributed by atoms with Gasteiger partial charge in [-0.15, -0.1) is 0 Å². The van der Waals surface area contributed by atoms with Crippen molar-refractivity contribution in [1.82, 2.24) is 5.32 Å². The van der Waals surface area contributed by atoms with Crippen LogP contribution in [0.2, 0.25) is 0 Å². The second-order valence-electron chi connectivity index (χ2n) is 10.0. The Morgan fingerprint density at radius 3 is 2.39 bits per heavy atom. The zero-order valence-electron chi connectivity index (χ0n) is 17.0. The van der Waals surface area contributed by atoms with Crippen molar-refractivity contribution in [3.63, 3.8) is 0 Å². The fourth-order valence-electron chi connectivity index (χ4n) is 7.08. The Balaban J connectivity index is 1.13. The van der Waals surface area contributed by atoms with E-state index in [1.807, 2.05) is 23.1 Å². The predicted octanol–water partition coefficient (Wildman–Crippen LogP) is 4.08. The summed E-state index contributed by atoms with van der Waals surface area (Å²) in [5.41, 5.74) is 2.25. The van der Waals surface area contributed by atoms with Gasteiger partial charge in [-0.3, -0.25) is 9.59 Å². The molecule has 1 N–H and O–H groups in total. The van der Waals surface area contributed by atoms with Crippen LogP contribution in [0.5, 0.6) is 0 Å². The van der Waals surface area contributed by atoms with Gasteiger partial charge in [-0.1, -0.05) is 18.2 Å². The maximum absolute atomic E-state index is 13.0. The quantitative estimate of drug-likeness (QED) is 0.783. The van der Waals surface area contributed by atoms with Gasteiger partial charge < -0.3 is 10.2 Å². The Kier molecular flexibility index (Phi) is 4.48. The molecule has 0 saturated heterocycles. The molecule has 1 atom stereocenters. The Bertz CT molecular complexity index is 751. The number of para-hydroxylation sites is 1. The summed E-state index contributed by atoms with van der Waals surface area (Å²) in [4.78, 5) is 27.8. The summed E-state index contributed by atoms with van der Waals surface area (Å²) in [5.74, 6) is 2.82. The molecule has 4 saturated carbocycles. The second kappa shape index (κ2) is 6.89. The minimum atomic E-state index is -0.0822. The number of fused-ring (bicyclic) bond motifs is 1. The van der Waals surface area contributed by atoms with Crippen molar-refractivity contribution < 1.29 is 9.59 Å². The van der Waals surface area contributed by atoms with Crippen LogP contribution in [0.3, 0.4) is 0 Å². The molecule has 1 aliphatic heterocycles. The number of anilines is 1. The number of rotatable bonds is 5. The van der Waals surface area contributed by atoms with E-state index in [0.29, 0.717) is 13.0 Å². The van der Waals surface area contributed by atoms with Gasteiger partial charge in [0.15, 0.2) is 0 Å².